The van der Waals surface area contributed by atoms with E-state index in [9.17, 15) is 5.11 Å². The summed E-state index contributed by atoms with van der Waals surface area (Å²) in [6.07, 6.45) is 0.916. The molecule has 6 heteroatoms. The topological polar surface area (TPSA) is 67.5 Å². The van der Waals surface area contributed by atoms with Gasteiger partial charge < -0.3 is 19.7 Å². The molecule has 2 N–H and O–H groups in total. The zero-order chi connectivity index (χ0) is 13.5. The van der Waals surface area contributed by atoms with E-state index in [2.05, 4.69) is 10.5 Å². The van der Waals surface area contributed by atoms with Gasteiger partial charge >= 0.3 is 0 Å². The summed E-state index contributed by atoms with van der Waals surface area (Å²) in [4.78, 5) is 0. The second kappa shape index (κ2) is 7.13. The number of aromatic nitrogens is 1. The van der Waals surface area contributed by atoms with Gasteiger partial charge in [-0.25, -0.2) is 0 Å². The Morgan fingerprint density at radius 1 is 1.32 bits per heavy atom. The fourth-order valence-corrected chi connectivity index (χ4v) is 1.60. The average Bonchev–Trinajstić information content (AvgIpc) is 2.91. The number of aliphatic hydroxyl groups is 1. The molecule has 5 nitrogen and oxygen atoms in total. The maximum absolute atomic E-state index is 9.74. The minimum Gasteiger partial charge on any atom is -0.491 e. The Morgan fingerprint density at radius 2 is 2.11 bits per heavy atom. The first kappa shape index (κ1) is 13.9. The van der Waals surface area contributed by atoms with Crippen LogP contribution in [0.25, 0.3) is 0 Å². The zero-order valence-corrected chi connectivity index (χ0v) is 11.0. The molecular weight excluding hydrogens is 268 g/mol. The number of hydrogen-bond donors (Lipinski definition) is 2. The standard InChI is InChI=1S/C13H15ClN2O3/c14-10-1-3-13(4-2-10)18-9-12(17)8-15-7-11-5-6-19-16-11/h1-6,12,15,17H,7-9H2. The molecule has 1 aromatic heterocycles. The van der Waals surface area contributed by atoms with Crippen molar-refractivity contribution in [3.8, 4) is 5.75 Å². The highest BCUT2D eigenvalue weighted by Crippen LogP contribution is 2.15. The molecule has 0 saturated carbocycles. The number of ether oxygens (including phenoxy) is 1. The molecule has 0 radical (unpaired) electrons. The molecular formula is C13H15ClN2O3. The van der Waals surface area contributed by atoms with E-state index >= 15 is 0 Å². The number of nitrogens with one attached hydrogen (secondary N) is 1. The van der Waals surface area contributed by atoms with E-state index < -0.39 is 6.10 Å². The first-order chi connectivity index (χ1) is 9.24. The summed E-state index contributed by atoms with van der Waals surface area (Å²) in [7, 11) is 0. The fraction of sp³-hybridized carbons (Fsp3) is 0.308. The molecule has 2 rings (SSSR count). The molecule has 0 aliphatic rings. The van der Waals surface area contributed by atoms with Crippen molar-refractivity contribution in [3.63, 3.8) is 0 Å². The summed E-state index contributed by atoms with van der Waals surface area (Å²) in [6.45, 7) is 1.18. The largest absolute Gasteiger partial charge is 0.491 e. The number of benzene rings is 1. The predicted molar refractivity (Wildman–Crippen MR) is 71.2 cm³/mol. The van der Waals surface area contributed by atoms with Crippen molar-refractivity contribution in [1.29, 1.82) is 0 Å². The highest BCUT2D eigenvalue weighted by Gasteiger charge is 2.05. The van der Waals surface area contributed by atoms with Crippen LogP contribution in [-0.2, 0) is 6.54 Å². The average molecular weight is 283 g/mol. The Bertz CT molecular complexity index is 473. The Hall–Kier alpha value is -1.56. The van der Waals surface area contributed by atoms with Crippen LogP contribution in [-0.4, -0.2) is 29.5 Å². The molecule has 2 aromatic rings. The van der Waals surface area contributed by atoms with E-state index in [1.54, 1.807) is 30.3 Å². The monoisotopic (exact) mass is 282 g/mol. The van der Waals surface area contributed by atoms with Crippen LogP contribution >= 0.6 is 11.6 Å². The quantitative estimate of drug-likeness (QED) is 0.811. The molecule has 102 valence electrons. The second-order valence-corrected chi connectivity index (χ2v) is 4.48. The third-order valence-corrected chi connectivity index (χ3v) is 2.69. The first-order valence-electron chi connectivity index (χ1n) is 5.90. The second-order valence-electron chi connectivity index (χ2n) is 4.04. The Kier molecular flexibility index (Phi) is 5.20. The van der Waals surface area contributed by atoms with E-state index in [-0.39, 0.29) is 6.61 Å². The Morgan fingerprint density at radius 3 is 2.79 bits per heavy atom. The van der Waals surface area contributed by atoms with Gasteiger partial charge in [-0.05, 0) is 24.3 Å². The van der Waals surface area contributed by atoms with Gasteiger partial charge in [-0.15, -0.1) is 0 Å². The minimum atomic E-state index is -0.595. The van der Waals surface area contributed by atoms with Crippen molar-refractivity contribution >= 4 is 11.6 Å². The summed E-state index contributed by atoms with van der Waals surface area (Å²) in [5, 5.41) is 17.2. The van der Waals surface area contributed by atoms with Crippen LogP contribution in [0.15, 0.2) is 41.1 Å². The molecule has 0 saturated heterocycles. The maximum atomic E-state index is 9.74. The molecule has 19 heavy (non-hydrogen) atoms. The molecule has 0 fully saturated rings. The number of halogens is 1. The van der Waals surface area contributed by atoms with E-state index in [4.69, 9.17) is 20.9 Å². The van der Waals surface area contributed by atoms with Crippen molar-refractivity contribution in [3.05, 3.63) is 47.3 Å². The van der Waals surface area contributed by atoms with Crippen LogP contribution in [0.2, 0.25) is 5.02 Å². The Balaban J connectivity index is 1.64. The van der Waals surface area contributed by atoms with Gasteiger partial charge in [0.05, 0.1) is 5.69 Å². The van der Waals surface area contributed by atoms with E-state index in [1.807, 2.05) is 0 Å². The Labute approximate surface area is 116 Å². The van der Waals surface area contributed by atoms with Crippen LogP contribution in [0.4, 0.5) is 0 Å². The van der Waals surface area contributed by atoms with E-state index in [0.29, 0.717) is 23.9 Å². The van der Waals surface area contributed by atoms with Gasteiger partial charge in [-0.3, -0.25) is 0 Å². The molecule has 1 unspecified atom stereocenters. The molecule has 0 aliphatic carbocycles. The maximum Gasteiger partial charge on any atom is 0.124 e. The van der Waals surface area contributed by atoms with Gasteiger partial charge in [0, 0.05) is 24.2 Å². The van der Waals surface area contributed by atoms with Gasteiger partial charge in [-0.1, -0.05) is 16.8 Å². The van der Waals surface area contributed by atoms with E-state index in [0.717, 1.165) is 5.69 Å². The van der Waals surface area contributed by atoms with Crippen molar-refractivity contribution in [1.82, 2.24) is 10.5 Å². The lowest BCUT2D eigenvalue weighted by Gasteiger charge is -2.12. The van der Waals surface area contributed by atoms with Gasteiger partial charge in [0.2, 0.25) is 0 Å². The molecule has 0 spiro atoms. The number of hydrogen-bond acceptors (Lipinski definition) is 5. The summed E-state index contributed by atoms with van der Waals surface area (Å²) in [6, 6.07) is 8.78. The van der Waals surface area contributed by atoms with Crippen molar-refractivity contribution in [2.75, 3.05) is 13.2 Å². The lowest BCUT2D eigenvalue weighted by atomic mass is 10.3. The minimum absolute atomic E-state index is 0.216. The highest BCUT2D eigenvalue weighted by atomic mass is 35.5. The van der Waals surface area contributed by atoms with Crippen LogP contribution in [0.5, 0.6) is 5.75 Å². The lowest BCUT2D eigenvalue weighted by molar-refractivity contribution is 0.106. The molecule has 0 bridgehead atoms. The van der Waals surface area contributed by atoms with Crippen molar-refractivity contribution in [2.24, 2.45) is 0 Å². The number of aliphatic hydroxyl groups excluding tert-OH is 1. The summed E-state index contributed by atoms with van der Waals surface area (Å²) in [5.41, 5.74) is 0.797. The molecule has 1 aromatic carbocycles. The molecule has 1 atom stereocenters. The van der Waals surface area contributed by atoms with Crippen LogP contribution in [0.1, 0.15) is 5.69 Å². The SMILES string of the molecule is OC(CNCc1ccon1)COc1ccc(Cl)cc1. The summed E-state index contributed by atoms with van der Waals surface area (Å²) in [5.74, 6) is 0.681. The summed E-state index contributed by atoms with van der Waals surface area (Å²) < 4.78 is 10.1. The lowest BCUT2D eigenvalue weighted by Crippen LogP contribution is -2.31. The van der Waals surface area contributed by atoms with Crippen LogP contribution in [0.3, 0.4) is 0 Å². The summed E-state index contributed by atoms with van der Waals surface area (Å²) >= 11 is 5.76. The predicted octanol–water partition coefficient (Wildman–Crippen LogP) is 1.86. The van der Waals surface area contributed by atoms with Crippen LogP contribution < -0.4 is 10.1 Å². The molecule has 1 heterocycles. The van der Waals surface area contributed by atoms with Crippen molar-refractivity contribution < 1.29 is 14.4 Å². The smallest absolute Gasteiger partial charge is 0.124 e. The van der Waals surface area contributed by atoms with Crippen molar-refractivity contribution in [2.45, 2.75) is 12.6 Å². The highest BCUT2D eigenvalue weighted by molar-refractivity contribution is 6.30. The van der Waals surface area contributed by atoms with E-state index in [1.165, 1.54) is 6.26 Å². The normalized spacial score (nSPS) is 12.3. The van der Waals surface area contributed by atoms with Gasteiger partial charge in [-0.2, -0.15) is 0 Å². The number of rotatable bonds is 7. The third-order valence-electron chi connectivity index (χ3n) is 2.43. The molecule has 0 amide bonds. The van der Waals surface area contributed by atoms with Gasteiger partial charge in [0.1, 0.15) is 24.7 Å². The third kappa shape index (κ3) is 4.90. The first-order valence-corrected chi connectivity index (χ1v) is 6.28. The van der Waals surface area contributed by atoms with Crippen LogP contribution in [0, 0.1) is 0 Å². The van der Waals surface area contributed by atoms with Gasteiger partial charge in [0.15, 0.2) is 0 Å². The van der Waals surface area contributed by atoms with Gasteiger partial charge in [0.25, 0.3) is 0 Å². The molecule has 0 aliphatic heterocycles. The number of nitrogens with zero attached hydrogens (tertiary/aromatic N) is 1. The zero-order valence-electron chi connectivity index (χ0n) is 10.3. The fourth-order valence-electron chi connectivity index (χ4n) is 1.48.